The third-order valence-corrected chi connectivity index (χ3v) is 2.64. The van der Waals surface area contributed by atoms with Crippen molar-refractivity contribution in [2.45, 2.75) is 71.2 Å². The Labute approximate surface area is 120 Å². The van der Waals surface area contributed by atoms with Gasteiger partial charge >= 0.3 is 12.1 Å². The number of likely N-dealkylation sites (tertiary alicyclic amines) is 1. The fourth-order valence-corrected chi connectivity index (χ4v) is 1.98. The molecule has 1 aliphatic rings. The largest absolute Gasteiger partial charge is 0.458 e. The number of ether oxygens (including phenoxy) is 2. The summed E-state index contributed by atoms with van der Waals surface area (Å²) in [6, 6.07) is -0.904. The Bertz CT molecular complexity index is 346. The Morgan fingerprint density at radius 3 is 2.00 bits per heavy atom. The lowest BCUT2D eigenvalue weighted by molar-refractivity contribution is -0.160. The van der Waals surface area contributed by atoms with Gasteiger partial charge in [0.25, 0.3) is 0 Å². The van der Waals surface area contributed by atoms with Crippen molar-refractivity contribution in [3.63, 3.8) is 0 Å². The smallest absolute Gasteiger partial charge is 0.411 e. The first-order valence-corrected chi connectivity index (χ1v) is 6.87. The highest BCUT2D eigenvalue weighted by atomic mass is 16.6. The number of amides is 1. The molecule has 1 amide bonds. The van der Waals surface area contributed by atoms with Crippen molar-refractivity contribution in [2.24, 2.45) is 5.73 Å². The van der Waals surface area contributed by atoms with Gasteiger partial charge in [-0.1, -0.05) is 0 Å². The van der Waals surface area contributed by atoms with E-state index in [1.807, 2.05) is 0 Å². The van der Waals surface area contributed by atoms with Gasteiger partial charge in [0.1, 0.15) is 17.2 Å². The maximum atomic E-state index is 12.2. The van der Waals surface area contributed by atoms with E-state index < -0.39 is 29.3 Å². The maximum Gasteiger partial charge on any atom is 0.411 e. The molecule has 0 aromatic carbocycles. The topological polar surface area (TPSA) is 81.9 Å². The Morgan fingerprint density at radius 1 is 1.05 bits per heavy atom. The molecule has 0 aliphatic carbocycles. The van der Waals surface area contributed by atoms with E-state index in [9.17, 15) is 9.59 Å². The Morgan fingerprint density at radius 2 is 1.55 bits per heavy atom. The van der Waals surface area contributed by atoms with Gasteiger partial charge in [-0.3, -0.25) is 4.90 Å². The van der Waals surface area contributed by atoms with Crippen molar-refractivity contribution < 1.29 is 19.1 Å². The zero-order valence-electron chi connectivity index (χ0n) is 13.2. The van der Waals surface area contributed by atoms with E-state index in [4.69, 9.17) is 15.2 Å². The molecule has 6 heteroatoms. The van der Waals surface area contributed by atoms with Gasteiger partial charge in [0, 0.05) is 12.6 Å². The van der Waals surface area contributed by atoms with E-state index in [0.29, 0.717) is 13.0 Å². The molecule has 20 heavy (non-hydrogen) atoms. The molecule has 1 rings (SSSR count). The predicted octanol–water partition coefficient (Wildman–Crippen LogP) is 1.66. The molecular formula is C14H26N2O4. The number of nitrogens with two attached hydrogens (primary N) is 1. The Kier molecular flexibility index (Phi) is 4.69. The van der Waals surface area contributed by atoms with Crippen LogP contribution in [0.2, 0.25) is 0 Å². The fourth-order valence-electron chi connectivity index (χ4n) is 1.98. The molecule has 0 aromatic rings. The second-order valence-corrected chi connectivity index (χ2v) is 7.18. The lowest BCUT2D eigenvalue weighted by Gasteiger charge is -2.29. The van der Waals surface area contributed by atoms with Gasteiger partial charge < -0.3 is 15.2 Å². The van der Waals surface area contributed by atoms with Crippen LogP contribution >= 0.6 is 0 Å². The lowest BCUT2D eigenvalue weighted by Crippen LogP contribution is -2.45. The van der Waals surface area contributed by atoms with E-state index in [0.717, 1.165) is 0 Å². The van der Waals surface area contributed by atoms with Crippen LogP contribution in [0, 0.1) is 0 Å². The minimum atomic E-state index is -0.668. The van der Waals surface area contributed by atoms with Gasteiger partial charge in [-0.15, -0.1) is 0 Å². The van der Waals surface area contributed by atoms with Crippen molar-refractivity contribution in [2.75, 3.05) is 6.54 Å². The third-order valence-electron chi connectivity index (χ3n) is 2.64. The summed E-state index contributed by atoms with van der Waals surface area (Å²) in [6.45, 7) is 11.0. The number of rotatable bonds is 1. The van der Waals surface area contributed by atoms with E-state index in [2.05, 4.69) is 0 Å². The minimum Gasteiger partial charge on any atom is -0.458 e. The molecule has 1 saturated heterocycles. The first-order chi connectivity index (χ1) is 8.89. The second-order valence-electron chi connectivity index (χ2n) is 7.18. The molecule has 2 N–H and O–H groups in total. The molecule has 1 fully saturated rings. The van der Waals surface area contributed by atoms with Crippen LogP contribution in [0.15, 0.2) is 0 Å². The summed E-state index contributed by atoms with van der Waals surface area (Å²) in [4.78, 5) is 25.7. The summed E-state index contributed by atoms with van der Waals surface area (Å²) in [7, 11) is 0. The van der Waals surface area contributed by atoms with E-state index >= 15 is 0 Å². The fraction of sp³-hybridized carbons (Fsp3) is 0.857. The molecule has 0 spiro atoms. The van der Waals surface area contributed by atoms with E-state index in [-0.39, 0.29) is 6.04 Å². The van der Waals surface area contributed by atoms with Crippen molar-refractivity contribution in [1.29, 1.82) is 0 Å². The van der Waals surface area contributed by atoms with Gasteiger partial charge in [-0.25, -0.2) is 9.59 Å². The zero-order valence-corrected chi connectivity index (χ0v) is 13.2. The SMILES string of the molecule is CC(C)(C)OC(=O)[C@@H]1C[C@@H](N)CN1C(=O)OC(C)(C)C. The van der Waals surface area contributed by atoms with Gasteiger partial charge in [0.15, 0.2) is 0 Å². The summed E-state index contributed by atoms with van der Waals surface area (Å²) in [5.74, 6) is -0.434. The van der Waals surface area contributed by atoms with Crippen LogP contribution in [-0.4, -0.2) is 46.8 Å². The number of hydrogen-bond donors (Lipinski definition) is 1. The number of carbonyl (C=O) groups excluding carboxylic acids is 2. The van der Waals surface area contributed by atoms with Crippen LogP contribution < -0.4 is 5.73 Å². The summed E-state index contributed by atoms with van der Waals surface area (Å²) < 4.78 is 10.6. The lowest BCUT2D eigenvalue weighted by atomic mass is 10.1. The minimum absolute atomic E-state index is 0.236. The van der Waals surface area contributed by atoms with Crippen molar-refractivity contribution in [3.05, 3.63) is 0 Å². The van der Waals surface area contributed by atoms with Gasteiger partial charge in [0.2, 0.25) is 0 Å². The third kappa shape index (κ3) is 5.00. The van der Waals surface area contributed by atoms with Gasteiger partial charge in [-0.2, -0.15) is 0 Å². The highest BCUT2D eigenvalue weighted by Crippen LogP contribution is 2.23. The summed E-state index contributed by atoms with van der Waals surface area (Å²) in [5, 5.41) is 0. The van der Waals surface area contributed by atoms with Crippen LogP contribution in [0.25, 0.3) is 0 Å². The molecule has 0 bridgehead atoms. The molecule has 6 nitrogen and oxygen atoms in total. The van der Waals surface area contributed by atoms with Crippen molar-refractivity contribution in [1.82, 2.24) is 4.90 Å². The average molecular weight is 286 g/mol. The maximum absolute atomic E-state index is 12.2. The van der Waals surface area contributed by atoms with Crippen LogP contribution in [0.4, 0.5) is 4.79 Å². The first-order valence-electron chi connectivity index (χ1n) is 6.87. The molecule has 116 valence electrons. The molecule has 2 atom stereocenters. The van der Waals surface area contributed by atoms with E-state index in [1.54, 1.807) is 41.5 Å². The zero-order chi connectivity index (χ0) is 15.7. The first kappa shape index (κ1) is 16.8. The van der Waals surface area contributed by atoms with Crippen molar-refractivity contribution >= 4 is 12.1 Å². The molecule has 0 radical (unpaired) electrons. The highest BCUT2D eigenvalue weighted by Gasteiger charge is 2.42. The summed E-state index contributed by atoms with van der Waals surface area (Å²) in [6.07, 6.45) is -0.130. The molecule has 0 unspecified atom stereocenters. The van der Waals surface area contributed by atoms with Crippen molar-refractivity contribution in [3.8, 4) is 0 Å². The average Bonchev–Trinajstić information content (AvgIpc) is 2.55. The predicted molar refractivity (Wildman–Crippen MR) is 75.2 cm³/mol. The standard InChI is InChI=1S/C14H26N2O4/c1-13(2,3)19-11(17)10-7-9(15)8-16(10)12(18)20-14(4,5)6/h9-10H,7-8,15H2,1-6H3/t9-,10+/m1/s1. The van der Waals surface area contributed by atoms with Crippen LogP contribution in [-0.2, 0) is 14.3 Å². The highest BCUT2D eigenvalue weighted by molar-refractivity contribution is 5.82. The summed E-state index contributed by atoms with van der Waals surface area (Å²) >= 11 is 0. The van der Waals surface area contributed by atoms with Crippen LogP contribution in [0.5, 0.6) is 0 Å². The van der Waals surface area contributed by atoms with Gasteiger partial charge in [0.05, 0.1) is 0 Å². The van der Waals surface area contributed by atoms with Gasteiger partial charge in [-0.05, 0) is 48.0 Å². The molecular weight excluding hydrogens is 260 g/mol. The van der Waals surface area contributed by atoms with Crippen LogP contribution in [0.3, 0.4) is 0 Å². The number of hydrogen-bond acceptors (Lipinski definition) is 5. The van der Waals surface area contributed by atoms with E-state index in [1.165, 1.54) is 4.90 Å². The molecule has 0 aromatic heterocycles. The monoisotopic (exact) mass is 286 g/mol. The summed E-state index contributed by atoms with van der Waals surface area (Å²) in [5.41, 5.74) is 4.66. The molecule has 1 aliphatic heterocycles. The Balaban J connectivity index is 2.78. The quantitative estimate of drug-likeness (QED) is 0.741. The second kappa shape index (κ2) is 5.60. The number of nitrogens with zero attached hydrogens (tertiary/aromatic N) is 1. The molecule has 1 heterocycles. The number of esters is 1. The Hall–Kier alpha value is -1.30. The normalized spacial score (nSPS) is 23.6. The molecule has 0 saturated carbocycles. The van der Waals surface area contributed by atoms with Crippen LogP contribution in [0.1, 0.15) is 48.0 Å². The number of carbonyl (C=O) groups is 2.